The van der Waals surface area contributed by atoms with Gasteiger partial charge in [-0.3, -0.25) is 5.43 Å². The maximum atomic E-state index is 5.30. The molecule has 1 aromatic heterocycles. The van der Waals surface area contributed by atoms with E-state index in [-0.39, 0.29) is 12.0 Å². The molecule has 0 aliphatic rings. The highest BCUT2D eigenvalue weighted by atomic mass is 16.5. The maximum absolute atomic E-state index is 5.30. The summed E-state index contributed by atoms with van der Waals surface area (Å²) >= 11 is 0. The fraction of sp³-hybridized carbons (Fsp3) is 0.700. The Kier molecular flexibility index (Phi) is 4.45. The minimum absolute atomic E-state index is 0.241. The summed E-state index contributed by atoms with van der Waals surface area (Å²) in [5.74, 6) is 6.60. The molecule has 0 fully saturated rings. The summed E-state index contributed by atoms with van der Waals surface area (Å²) in [5, 5.41) is 0. The average Bonchev–Trinajstić information content (AvgIpc) is 2.35. The number of ether oxygens (including phenoxy) is 1. The van der Waals surface area contributed by atoms with Crippen molar-refractivity contribution in [2.24, 2.45) is 11.8 Å². The third kappa shape index (κ3) is 3.16. The van der Waals surface area contributed by atoms with Gasteiger partial charge in [0.2, 0.25) is 11.9 Å². The SMILES string of the molecule is COc1nc(NN)nc(N(C)C(C)C(C)C)n1. The molecule has 7 nitrogen and oxygen atoms in total. The van der Waals surface area contributed by atoms with E-state index in [4.69, 9.17) is 10.6 Å². The molecule has 0 aliphatic heterocycles. The first-order chi connectivity index (χ1) is 7.99. The van der Waals surface area contributed by atoms with E-state index < -0.39 is 0 Å². The lowest BCUT2D eigenvalue weighted by molar-refractivity contribution is 0.377. The molecule has 96 valence electrons. The third-order valence-electron chi connectivity index (χ3n) is 2.81. The number of nitrogens with two attached hydrogens (primary N) is 1. The number of nitrogens with zero attached hydrogens (tertiary/aromatic N) is 4. The van der Waals surface area contributed by atoms with E-state index in [9.17, 15) is 0 Å². The normalized spacial score (nSPS) is 12.4. The molecule has 0 aliphatic carbocycles. The molecule has 0 radical (unpaired) electrons. The number of anilines is 2. The predicted molar refractivity (Wildman–Crippen MR) is 66.9 cm³/mol. The maximum Gasteiger partial charge on any atom is 0.322 e. The zero-order valence-corrected chi connectivity index (χ0v) is 10.9. The first-order valence-electron chi connectivity index (χ1n) is 5.49. The molecule has 7 heteroatoms. The van der Waals surface area contributed by atoms with E-state index in [1.54, 1.807) is 0 Å². The standard InChI is InChI=1S/C10H20N6O/c1-6(2)7(3)16(4)9-12-8(15-11)13-10(14-9)17-5/h6-7H,11H2,1-5H3,(H,12,13,14,15). The van der Waals surface area contributed by atoms with Crippen LogP contribution in [0.1, 0.15) is 20.8 Å². The molecule has 3 N–H and O–H groups in total. The molecule has 1 unspecified atom stereocenters. The molecule has 0 saturated heterocycles. The molecule has 0 bridgehead atoms. The Morgan fingerprint density at radius 3 is 2.35 bits per heavy atom. The summed E-state index contributed by atoms with van der Waals surface area (Å²) in [7, 11) is 3.44. The third-order valence-corrected chi connectivity index (χ3v) is 2.81. The van der Waals surface area contributed by atoms with Crippen LogP contribution in [0.5, 0.6) is 6.01 Å². The van der Waals surface area contributed by atoms with Gasteiger partial charge in [0.05, 0.1) is 7.11 Å². The van der Waals surface area contributed by atoms with E-state index >= 15 is 0 Å². The quantitative estimate of drug-likeness (QED) is 0.577. The van der Waals surface area contributed by atoms with Crippen LogP contribution in [-0.4, -0.2) is 35.2 Å². The van der Waals surface area contributed by atoms with Crippen LogP contribution in [0.3, 0.4) is 0 Å². The van der Waals surface area contributed by atoms with Gasteiger partial charge in [0.15, 0.2) is 0 Å². The second-order valence-electron chi connectivity index (χ2n) is 4.19. The van der Waals surface area contributed by atoms with Crippen LogP contribution in [0.2, 0.25) is 0 Å². The molecule has 1 aromatic rings. The van der Waals surface area contributed by atoms with Crippen LogP contribution < -0.4 is 20.9 Å². The topological polar surface area (TPSA) is 89.2 Å². The molecule has 17 heavy (non-hydrogen) atoms. The van der Waals surface area contributed by atoms with E-state index in [1.165, 1.54) is 7.11 Å². The van der Waals surface area contributed by atoms with Crippen molar-refractivity contribution in [3.8, 4) is 6.01 Å². The minimum atomic E-state index is 0.241. The van der Waals surface area contributed by atoms with Gasteiger partial charge in [0, 0.05) is 13.1 Å². The van der Waals surface area contributed by atoms with E-state index in [0.29, 0.717) is 17.9 Å². The first-order valence-corrected chi connectivity index (χ1v) is 5.49. The molecular formula is C10H20N6O. The van der Waals surface area contributed by atoms with Crippen LogP contribution in [0, 0.1) is 5.92 Å². The second kappa shape index (κ2) is 5.62. The van der Waals surface area contributed by atoms with Gasteiger partial charge in [0.25, 0.3) is 0 Å². The Labute approximate surface area is 101 Å². The van der Waals surface area contributed by atoms with Crippen molar-refractivity contribution in [2.75, 3.05) is 24.5 Å². The number of nitrogen functional groups attached to an aromatic ring is 1. The smallest absolute Gasteiger partial charge is 0.322 e. The lowest BCUT2D eigenvalue weighted by Crippen LogP contribution is -2.34. The van der Waals surface area contributed by atoms with E-state index in [1.807, 2.05) is 11.9 Å². The summed E-state index contributed by atoms with van der Waals surface area (Å²) in [5.41, 5.74) is 2.40. The summed E-state index contributed by atoms with van der Waals surface area (Å²) in [4.78, 5) is 14.3. The highest BCUT2D eigenvalue weighted by Gasteiger charge is 2.18. The summed E-state index contributed by atoms with van der Waals surface area (Å²) in [6, 6.07) is 0.540. The fourth-order valence-corrected chi connectivity index (χ4v) is 1.29. The lowest BCUT2D eigenvalue weighted by Gasteiger charge is -2.28. The Morgan fingerprint density at radius 2 is 1.88 bits per heavy atom. The number of methoxy groups -OCH3 is 1. The van der Waals surface area contributed by atoms with Crippen molar-refractivity contribution in [1.82, 2.24) is 15.0 Å². The Morgan fingerprint density at radius 1 is 1.24 bits per heavy atom. The minimum Gasteiger partial charge on any atom is -0.467 e. The second-order valence-corrected chi connectivity index (χ2v) is 4.19. The number of hydrogen-bond acceptors (Lipinski definition) is 7. The molecule has 0 amide bonds. The van der Waals surface area contributed by atoms with Crippen molar-refractivity contribution < 1.29 is 4.74 Å². The summed E-state index contributed by atoms with van der Waals surface area (Å²) < 4.78 is 5.00. The van der Waals surface area contributed by atoms with Crippen LogP contribution in [0.15, 0.2) is 0 Å². The molecule has 0 saturated carbocycles. The number of hydrazine groups is 1. The predicted octanol–water partition coefficient (Wildman–Crippen LogP) is 0.646. The Bertz CT molecular complexity index is 348. The van der Waals surface area contributed by atoms with Crippen molar-refractivity contribution in [3.63, 3.8) is 0 Å². The lowest BCUT2D eigenvalue weighted by atomic mass is 10.1. The zero-order valence-electron chi connectivity index (χ0n) is 10.9. The molecule has 0 aromatic carbocycles. The molecule has 1 atom stereocenters. The van der Waals surface area contributed by atoms with Gasteiger partial charge in [-0.05, 0) is 12.8 Å². The zero-order chi connectivity index (χ0) is 13.0. The molecule has 0 spiro atoms. The van der Waals surface area contributed by atoms with Gasteiger partial charge in [-0.1, -0.05) is 13.8 Å². The van der Waals surface area contributed by atoms with Crippen LogP contribution in [-0.2, 0) is 0 Å². The summed E-state index contributed by atoms with van der Waals surface area (Å²) in [6.45, 7) is 6.39. The van der Waals surface area contributed by atoms with Crippen molar-refractivity contribution >= 4 is 11.9 Å². The Balaban J connectivity index is 3.03. The molecule has 1 rings (SSSR count). The van der Waals surface area contributed by atoms with Crippen LogP contribution in [0.25, 0.3) is 0 Å². The molecule has 1 heterocycles. The highest BCUT2D eigenvalue weighted by Crippen LogP contribution is 2.18. The van der Waals surface area contributed by atoms with Crippen LogP contribution in [0.4, 0.5) is 11.9 Å². The fourth-order valence-electron chi connectivity index (χ4n) is 1.29. The van der Waals surface area contributed by atoms with Gasteiger partial charge >= 0.3 is 6.01 Å². The first kappa shape index (κ1) is 13.4. The summed E-state index contributed by atoms with van der Waals surface area (Å²) in [6.07, 6.45) is 0. The Hall–Kier alpha value is -1.63. The van der Waals surface area contributed by atoms with Gasteiger partial charge in [0.1, 0.15) is 0 Å². The van der Waals surface area contributed by atoms with Crippen molar-refractivity contribution in [3.05, 3.63) is 0 Å². The van der Waals surface area contributed by atoms with Gasteiger partial charge in [-0.25, -0.2) is 5.84 Å². The largest absolute Gasteiger partial charge is 0.467 e. The monoisotopic (exact) mass is 240 g/mol. The number of nitrogens with one attached hydrogen (secondary N) is 1. The molecular weight excluding hydrogens is 220 g/mol. The van der Waals surface area contributed by atoms with Crippen molar-refractivity contribution in [2.45, 2.75) is 26.8 Å². The average molecular weight is 240 g/mol. The van der Waals surface area contributed by atoms with Gasteiger partial charge in [-0.15, -0.1) is 0 Å². The number of hydrogen-bond donors (Lipinski definition) is 2. The van der Waals surface area contributed by atoms with Crippen molar-refractivity contribution in [1.29, 1.82) is 0 Å². The highest BCUT2D eigenvalue weighted by molar-refractivity contribution is 5.37. The van der Waals surface area contributed by atoms with Crippen LogP contribution >= 0.6 is 0 Å². The number of rotatable bonds is 5. The van der Waals surface area contributed by atoms with Gasteiger partial charge < -0.3 is 9.64 Å². The van der Waals surface area contributed by atoms with E-state index in [2.05, 4.69) is 41.1 Å². The number of aromatic nitrogens is 3. The van der Waals surface area contributed by atoms with Gasteiger partial charge in [-0.2, -0.15) is 15.0 Å². The van der Waals surface area contributed by atoms with E-state index in [0.717, 1.165) is 0 Å².